The fraction of sp³-hybridized carbons (Fsp3) is 0.625. The van der Waals surface area contributed by atoms with Crippen LogP contribution in [0.2, 0.25) is 0 Å². The molecule has 0 saturated heterocycles. The van der Waals surface area contributed by atoms with Gasteiger partial charge in [0.05, 0.1) is 0 Å². The highest BCUT2D eigenvalue weighted by molar-refractivity contribution is 5.33. The van der Waals surface area contributed by atoms with E-state index in [2.05, 4.69) is 44.0 Å². The molecule has 100 valence electrons. The summed E-state index contributed by atoms with van der Waals surface area (Å²) < 4.78 is 0. The van der Waals surface area contributed by atoms with Crippen molar-refractivity contribution in [1.82, 2.24) is 4.90 Å². The SMILES string of the molecule is Cc1cccc(CN(C)C2CCC(N)CC2)c1C. The van der Waals surface area contributed by atoms with E-state index in [9.17, 15) is 0 Å². The lowest BCUT2D eigenvalue weighted by atomic mass is 9.90. The van der Waals surface area contributed by atoms with Gasteiger partial charge in [0.2, 0.25) is 0 Å². The van der Waals surface area contributed by atoms with E-state index in [1.54, 1.807) is 0 Å². The van der Waals surface area contributed by atoms with Crippen molar-refractivity contribution in [2.24, 2.45) is 5.73 Å². The Morgan fingerprint density at radius 1 is 1.17 bits per heavy atom. The predicted octanol–water partition coefficient (Wildman–Crippen LogP) is 3.01. The van der Waals surface area contributed by atoms with Gasteiger partial charge in [0.15, 0.2) is 0 Å². The zero-order valence-corrected chi connectivity index (χ0v) is 11.9. The molecule has 2 N–H and O–H groups in total. The van der Waals surface area contributed by atoms with Gasteiger partial charge in [-0.1, -0.05) is 18.2 Å². The van der Waals surface area contributed by atoms with Crippen molar-refractivity contribution in [3.63, 3.8) is 0 Å². The highest BCUT2D eigenvalue weighted by atomic mass is 15.1. The quantitative estimate of drug-likeness (QED) is 0.888. The van der Waals surface area contributed by atoms with E-state index >= 15 is 0 Å². The standard InChI is InChI=1S/C16H26N2/c1-12-5-4-6-14(13(12)2)11-18(3)16-9-7-15(17)8-10-16/h4-6,15-16H,7-11,17H2,1-3H3. The summed E-state index contributed by atoms with van der Waals surface area (Å²) in [6.07, 6.45) is 4.87. The van der Waals surface area contributed by atoms with Crippen LogP contribution in [0.25, 0.3) is 0 Å². The molecule has 0 amide bonds. The number of hydrogen-bond donors (Lipinski definition) is 1. The Morgan fingerprint density at radius 2 is 1.83 bits per heavy atom. The van der Waals surface area contributed by atoms with Crippen molar-refractivity contribution < 1.29 is 0 Å². The minimum atomic E-state index is 0.440. The Balaban J connectivity index is 1.98. The van der Waals surface area contributed by atoms with Crippen LogP contribution in [0.4, 0.5) is 0 Å². The summed E-state index contributed by atoms with van der Waals surface area (Å²) in [6, 6.07) is 7.77. The summed E-state index contributed by atoms with van der Waals surface area (Å²) in [7, 11) is 2.25. The van der Waals surface area contributed by atoms with Crippen molar-refractivity contribution in [1.29, 1.82) is 0 Å². The van der Waals surface area contributed by atoms with E-state index in [0.717, 1.165) is 6.54 Å². The van der Waals surface area contributed by atoms with Crippen LogP contribution in [-0.4, -0.2) is 24.0 Å². The topological polar surface area (TPSA) is 29.3 Å². The third-order valence-electron chi connectivity index (χ3n) is 4.50. The molecule has 1 aromatic rings. The molecule has 1 aromatic carbocycles. The van der Waals surface area contributed by atoms with E-state index in [0.29, 0.717) is 12.1 Å². The van der Waals surface area contributed by atoms with Crippen molar-refractivity contribution in [2.75, 3.05) is 7.05 Å². The first kappa shape index (κ1) is 13.6. The second kappa shape index (κ2) is 5.85. The molecule has 0 bridgehead atoms. The molecule has 18 heavy (non-hydrogen) atoms. The Hall–Kier alpha value is -0.860. The van der Waals surface area contributed by atoms with E-state index in [-0.39, 0.29) is 0 Å². The van der Waals surface area contributed by atoms with Crippen molar-refractivity contribution in [3.05, 3.63) is 34.9 Å². The van der Waals surface area contributed by atoms with Gasteiger partial charge < -0.3 is 5.73 Å². The Kier molecular flexibility index (Phi) is 4.41. The van der Waals surface area contributed by atoms with Crippen LogP contribution in [0, 0.1) is 13.8 Å². The monoisotopic (exact) mass is 246 g/mol. The largest absolute Gasteiger partial charge is 0.328 e. The normalized spacial score (nSPS) is 24.5. The number of nitrogens with two attached hydrogens (primary N) is 1. The third kappa shape index (κ3) is 3.12. The van der Waals surface area contributed by atoms with Crippen LogP contribution in [0.1, 0.15) is 42.4 Å². The van der Waals surface area contributed by atoms with E-state index < -0.39 is 0 Å². The van der Waals surface area contributed by atoms with Crippen molar-refractivity contribution in [2.45, 2.75) is 58.2 Å². The molecule has 2 nitrogen and oxygen atoms in total. The molecular formula is C16H26N2. The van der Waals surface area contributed by atoms with Crippen molar-refractivity contribution in [3.8, 4) is 0 Å². The fourth-order valence-electron chi connectivity index (χ4n) is 2.92. The van der Waals surface area contributed by atoms with Gasteiger partial charge >= 0.3 is 0 Å². The molecule has 0 heterocycles. The molecule has 1 aliphatic rings. The van der Waals surface area contributed by atoms with Gasteiger partial charge in [-0.3, -0.25) is 4.90 Å². The molecule has 1 fully saturated rings. The summed E-state index contributed by atoms with van der Waals surface area (Å²) in [6.45, 7) is 5.49. The minimum absolute atomic E-state index is 0.440. The molecule has 0 atom stereocenters. The van der Waals surface area contributed by atoms with Gasteiger partial charge in [-0.25, -0.2) is 0 Å². The zero-order chi connectivity index (χ0) is 13.1. The molecule has 0 radical (unpaired) electrons. The average molecular weight is 246 g/mol. The fourth-order valence-corrected chi connectivity index (χ4v) is 2.92. The lowest BCUT2D eigenvalue weighted by Gasteiger charge is -2.33. The summed E-state index contributed by atoms with van der Waals surface area (Å²) in [5, 5.41) is 0. The summed E-state index contributed by atoms with van der Waals surface area (Å²) in [5.41, 5.74) is 10.3. The van der Waals surface area contributed by atoms with Gasteiger partial charge in [0, 0.05) is 18.6 Å². The first-order chi connectivity index (χ1) is 8.58. The Labute approximate surface area is 111 Å². The van der Waals surface area contributed by atoms with Gasteiger partial charge in [0.25, 0.3) is 0 Å². The minimum Gasteiger partial charge on any atom is -0.328 e. The predicted molar refractivity (Wildman–Crippen MR) is 77.6 cm³/mol. The van der Waals surface area contributed by atoms with Gasteiger partial charge in [-0.05, 0) is 63.3 Å². The molecule has 0 aliphatic heterocycles. The lowest BCUT2D eigenvalue weighted by molar-refractivity contribution is 0.176. The number of rotatable bonds is 3. The van der Waals surface area contributed by atoms with Crippen LogP contribution in [-0.2, 0) is 6.54 Å². The second-order valence-electron chi connectivity index (χ2n) is 5.84. The van der Waals surface area contributed by atoms with Crippen LogP contribution >= 0.6 is 0 Å². The highest BCUT2D eigenvalue weighted by Gasteiger charge is 2.22. The van der Waals surface area contributed by atoms with Crippen LogP contribution in [0.5, 0.6) is 0 Å². The summed E-state index contributed by atoms with van der Waals surface area (Å²) in [5.74, 6) is 0. The summed E-state index contributed by atoms with van der Waals surface area (Å²) >= 11 is 0. The smallest absolute Gasteiger partial charge is 0.0236 e. The van der Waals surface area contributed by atoms with E-state index in [4.69, 9.17) is 5.73 Å². The number of hydrogen-bond acceptors (Lipinski definition) is 2. The molecule has 0 aromatic heterocycles. The molecule has 1 saturated carbocycles. The zero-order valence-electron chi connectivity index (χ0n) is 11.9. The Bertz CT molecular complexity index is 392. The second-order valence-corrected chi connectivity index (χ2v) is 5.84. The molecule has 0 unspecified atom stereocenters. The third-order valence-corrected chi connectivity index (χ3v) is 4.50. The molecule has 2 heteroatoms. The molecular weight excluding hydrogens is 220 g/mol. The van der Waals surface area contributed by atoms with E-state index in [1.807, 2.05) is 0 Å². The molecule has 0 spiro atoms. The van der Waals surface area contributed by atoms with E-state index in [1.165, 1.54) is 42.4 Å². The van der Waals surface area contributed by atoms with Crippen LogP contribution in [0.15, 0.2) is 18.2 Å². The Morgan fingerprint density at radius 3 is 2.50 bits per heavy atom. The van der Waals surface area contributed by atoms with Crippen LogP contribution < -0.4 is 5.73 Å². The van der Waals surface area contributed by atoms with Crippen molar-refractivity contribution >= 4 is 0 Å². The first-order valence-corrected chi connectivity index (χ1v) is 7.09. The maximum absolute atomic E-state index is 5.98. The maximum Gasteiger partial charge on any atom is 0.0236 e. The molecule has 1 aliphatic carbocycles. The van der Waals surface area contributed by atoms with Crippen LogP contribution in [0.3, 0.4) is 0 Å². The lowest BCUT2D eigenvalue weighted by Crippen LogP contribution is -2.38. The van der Waals surface area contributed by atoms with Gasteiger partial charge in [-0.2, -0.15) is 0 Å². The summed E-state index contributed by atoms with van der Waals surface area (Å²) in [4.78, 5) is 2.51. The average Bonchev–Trinajstić information content (AvgIpc) is 2.36. The number of nitrogens with zero attached hydrogens (tertiary/aromatic N) is 1. The van der Waals surface area contributed by atoms with Gasteiger partial charge in [-0.15, -0.1) is 0 Å². The highest BCUT2D eigenvalue weighted by Crippen LogP contribution is 2.23. The number of aryl methyl sites for hydroxylation is 1. The van der Waals surface area contributed by atoms with Gasteiger partial charge in [0.1, 0.15) is 0 Å². The first-order valence-electron chi connectivity index (χ1n) is 7.09. The maximum atomic E-state index is 5.98. The molecule has 2 rings (SSSR count). The number of benzene rings is 1.